The second-order valence-corrected chi connectivity index (χ2v) is 10.2. The van der Waals surface area contributed by atoms with E-state index in [0.29, 0.717) is 16.8 Å². The third kappa shape index (κ3) is 5.97. The first-order valence-electron chi connectivity index (χ1n) is 10.4. The van der Waals surface area contributed by atoms with Crippen LogP contribution >= 0.6 is 11.6 Å². The Bertz CT molecular complexity index is 1040. The van der Waals surface area contributed by atoms with E-state index in [1.165, 1.54) is 12.5 Å². The summed E-state index contributed by atoms with van der Waals surface area (Å²) < 4.78 is 26.2. The zero-order chi connectivity index (χ0) is 21.8. The van der Waals surface area contributed by atoms with Crippen molar-refractivity contribution in [3.8, 4) is 5.75 Å². The second-order valence-electron chi connectivity index (χ2n) is 7.97. The summed E-state index contributed by atoms with van der Waals surface area (Å²) in [7, 11) is -3.30. The molecule has 0 saturated heterocycles. The van der Waals surface area contributed by atoms with E-state index >= 15 is 0 Å². The molecule has 1 aromatic heterocycles. The maximum atomic E-state index is 11.7. The molecular formula is C20H27ClN6O3S. The first kappa shape index (κ1) is 22.1. The van der Waals surface area contributed by atoms with E-state index in [1.54, 1.807) is 0 Å². The molecule has 1 fully saturated rings. The molecule has 0 radical (unpaired) electrons. The van der Waals surface area contributed by atoms with Crippen LogP contribution in [0, 0.1) is 0 Å². The average molecular weight is 467 g/mol. The number of nitrogens with zero attached hydrogens (tertiary/aromatic N) is 2. The van der Waals surface area contributed by atoms with Crippen LogP contribution < -0.4 is 25.7 Å². The van der Waals surface area contributed by atoms with Crippen LogP contribution in [0.3, 0.4) is 0 Å². The lowest BCUT2D eigenvalue weighted by Gasteiger charge is -2.32. The normalized spacial score (nSPS) is 21.5. The van der Waals surface area contributed by atoms with Gasteiger partial charge in [-0.3, -0.25) is 0 Å². The highest BCUT2D eigenvalue weighted by Gasteiger charge is 2.28. The Balaban J connectivity index is 1.50. The third-order valence-corrected chi connectivity index (χ3v) is 6.43. The van der Waals surface area contributed by atoms with Gasteiger partial charge in [-0.25, -0.2) is 18.1 Å². The second kappa shape index (κ2) is 9.56. The van der Waals surface area contributed by atoms with Gasteiger partial charge in [0.05, 0.1) is 12.5 Å². The Labute approximate surface area is 187 Å². The smallest absolute Gasteiger partial charge is 0.229 e. The number of hydrogen-bond acceptors (Lipinski definition) is 8. The maximum Gasteiger partial charge on any atom is 0.229 e. The van der Waals surface area contributed by atoms with Gasteiger partial charge in [-0.1, -0.05) is 24.4 Å². The summed E-state index contributed by atoms with van der Waals surface area (Å²) in [5, 5.41) is 6.93. The van der Waals surface area contributed by atoms with Crippen molar-refractivity contribution < 1.29 is 13.3 Å². The number of hydrogen-bond donors (Lipinski definition) is 4. The zero-order valence-corrected chi connectivity index (χ0v) is 18.9. The number of fused-ring (bicyclic) bond motifs is 1. The highest BCUT2D eigenvalue weighted by atomic mass is 35.5. The average Bonchev–Trinajstić information content (AvgIpc) is 2.96. The maximum absolute atomic E-state index is 11.7. The molecule has 2 atom stereocenters. The molecule has 0 unspecified atom stereocenters. The van der Waals surface area contributed by atoms with E-state index in [2.05, 4.69) is 30.8 Å². The van der Waals surface area contributed by atoms with Crippen molar-refractivity contribution in [3.05, 3.63) is 35.0 Å². The highest BCUT2D eigenvalue weighted by Crippen LogP contribution is 2.29. The summed E-state index contributed by atoms with van der Waals surface area (Å²) in [6, 6.07) is 5.55. The van der Waals surface area contributed by atoms with Gasteiger partial charge in [0.1, 0.15) is 10.8 Å². The number of hydroxylamine groups is 1. The van der Waals surface area contributed by atoms with Gasteiger partial charge >= 0.3 is 0 Å². The Morgan fingerprint density at radius 3 is 2.81 bits per heavy atom. The van der Waals surface area contributed by atoms with Crippen LogP contribution in [0.15, 0.2) is 24.4 Å². The van der Waals surface area contributed by atoms with Crippen LogP contribution in [0.1, 0.15) is 37.7 Å². The monoisotopic (exact) mass is 466 g/mol. The van der Waals surface area contributed by atoms with Gasteiger partial charge in [-0.05, 0) is 49.4 Å². The van der Waals surface area contributed by atoms with Crippen LogP contribution in [-0.2, 0) is 16.4 Å². The molecule has 31 heavy (non-hydrogen) atoms. The first-order chi connectivity index (χ1) is 14.9. The summed E-state index contributed by atoms with van der Waals surface area (Å²) in [5.74, 6) is 1.71. The van der Waals surface area contributed by atoms with Crippen LogP contribution in [0.25, 0.3) is 0 Å². The Hall–Kier alpha value is -2.14. The molecule has 11 heteroatoms. The number of rotatable bonds is 6. The van der Waals surface area contributed by atoms with E-state index in [-0.39, 0.29) is 12.1 Å². The van der Waals surface area contributed by atoms with Gasteiger partial charge in [0.15, 0.2) is 5.82 Å². The van der Waals surface area contributed by atoms with Crippen molar-refractivity contribution in [2.45, 2.75) is 50.6 Å². The molecule has 0 spiro atoms. The van der Waals surface area contributed by atoms with Gasteiger partial charge < -0.3 is 15.5 Å². The molecule has 0 amide bonds. The highest BCUT2D eigenvalue weighted by molar-refractivity contribution is 7.88. The number of sulfonamides is 1. The van der Waals surface area contributed by atoms with E-state index in [1.807, 2.05) is 18.2 Å². The van der Waals surface area contributed by atoms with Crippen LogP contribution in [0.5, 0.6) is 5.75 Å². The summed E-state index contributed by atoms with van der Waals surface area (Å²) >= 11 is 6.33. The fourth-order valence-electron chi connectivity index (χ4n) is 3.98. The molecular weight excluding hydrogens is 440 g/mol. The van der Waals surface area contributed by atoms with E-state index in [4.69, 9.17) is 16.4 Å². The van der Waals surface area contributed by atoms with Crippen molar-refractivity contribution in [1.29, 1.82) is 0 Å². The molecule has 1 aromatic carbocycles. The van der Waals surface area contributed by atoms with E-state index in [0.717, 1.165) is 62.1 Å². The van der Waals surface area contributed by atoms with Crippen molar-refractivity contribution in [3.63, 3.8) is 0 Å². The standard InChI is InChI=1S/C20H27ClN6O3S/c1-31(28,29)27-17-7-3-2-6-16(17)25-19-15(21)12-22-20(26-19)24-14-8-9-18-13(11-14)5-4-10-23-30-18/h8-9,11-12,16-17,23,27H,2-7,10H2,1H3,(H2,22,24,25,26)/t16-,17-/m1/s1. The van der Waals surface area contributed by atoms with Gasteiger partial charge in [-0.15, -0.1) is 0 Å². The summed E-state index contributed by atoms with van der Waals surface area (Å²) in [5.41, 5.74) is 4.90. The zero-order valence-electron chi connectivity index (χ0n) is 17.3. The minimum absolute atomic E-state index is 0.0964. The fourth-order valence-corrected chi connectivity index (χ4v) is 4.96. The molecule has 2 aromatic rings. The largest absolute Gasteiger partial charge is 0.408 e. The van der Waals surface area contributed by atoms with Gasteiger partial charge in [0, 0.05) is 24.3 Å². The number of aromatic nitrogens is 2. The molecule has 1 aliphatic heterocycles. The first-order valence-corrected chi connectivity index (χ1v) is 12.7. The number of halogens is 1. The topological polar surface area (TPSA) is 117 Å². The molecule has 168 valence electrons. The summed E-state index contributed by atoms with van der Waals surface area (Å²) in [6.07, 6.45) is 8.22. The van der Waals surface area contributed by atoms with E-state index < -0.39 is 10.0 Å². The molecule has 1 saturated carbocycles. The molecule has 1 aliphatic carbocycles. The lowest BCUT2D eigenvalue weighted by molar-refractivity contribution is 0.202. The number of aryl methyl sites for hydroxylation is 1. The quantitative estimate of drug-likeness (QED) is 0.513. The fraction of sp³-hybridized carbons (Fsp3) is 0.500. The predicted octanol–water partition coefficient (Wildman–Crippen LogP) is 2.98. The number of nitrogens with one attached hydrogen (secondary N) is 4. The summed E-state index contributed by atoms with van der Waals surface area (Å²) in [6.45, 7) is 0.809. The molecule has 9 nitrogen and oxygen atoms in total. The lowest BCUT2D eigenvalue weighted by Crippen LogP contribution is -2.48. The van der Waals surface area contributed by atoms with Gasteiger partial charge in [0.2, 0.25) is 16.0 Å². The predicted molar refractivity (Wildman–Crippen MR) is 121 cm³/mol. The van der Waals surface area contributed by atoms with Crippen LogP contribution in [-0.4, -0.2) is 43.3 Å². The molecule has 4 rings (SSSR count). The van der Waals surface area contributed by atoms with Gasteiger partial charge in [-0.2, -0.15) is 10.5 Å². The third-order valence-electron chi connectivity index (χ3n) is 5.42. The van der Waals surface area contributed by atoms with Gasteiger partial charge in [0.25, 0.3) is 0 Å². The van der Waals surface area contributed by atoms with Crippen molar-refractivity contribution in [1.82, 2.24) is 20.2 Å². The summed E-state index contributed by atoms with van der Waals surface area (Å²) in [4.78, 5) is 14.4. The minimum atomic E-state index is -3.30. The van der Waals surface area contributed by atoms with Crippen LogP contribution in [0.4, 0.5) is 17.5 Å². The Morgan fingerprint density at radius 2 is 2.00 bits per heavy atom. The SMILES string of the molecule is CS(=O)(=O)N[C@@H]1CCCC[C@H]1Nc1nc(Nc2ccc3c(c2)CCCNO3)ncc1Cl. The number of benzene rings is 1. The van der Waals surface area contributed by atoms with Crippen molar-refractivity contribution in [2.24, 2.45) is 0 Å². The molecule has 2 heterocycles. The Morgan fingerprint density at radius 1 is 1.19 bits per heavy atom. The van der Waals surface area contributed by atoms with E-state index in [9.17, 15) is 8.42 Å². The van der Waals surface area contributed by atoms with Crippen molar-refractivity contribution >= 4 is 39.1 Å². The molecule has 4 N–H and O–H groups in total. The molecule has 2 aliphatic rings. The van der Waals surface area contributed by atoms with Crippen LogP contribution in [0.2, 0.25) is 5.02 Å². The minimum Gasteiger partial charge on any atom is -0.408 e. The number of anilines is 3. The lowest BCUT2D eigenvalue weighted by atomic mass is 9.91. The molecule has 0 bridgehead atoms. The van der Waals surface area contributed by atoms with Crippen molar-refractivity contribution in [2.75, 3.05) is 23.4 Å². The Kier molecular flexibility index (Phi) is 6.80.